The highest BCUT2D eigenvalue weighted by atomic mass is 16.5. The Hall–Kier alpha value is -2.40. The van der Waals surface area contributed by atoms with Crippen LogP contribution in [0.3, 0.4) is 0 Å². The van der Waals surface area contributed by atoms with Crippen molar-refractivity contribution in [1.29, 1.82) is 0 Å². The Labute approximate surface area is 136 Å². The molecule has 0 aliphatic heterocycles. The Morgan fingerprint density at radius 2 is 2.04 bits per heavy atom. The Bertz CT molecular complexity index is 825. The number of para-hydroxylation sites is 1. The van der Waals surface area contributed by atoms with Crippen molar-refractivity contribution in [1.82, 2.24) is 19.9 Å². The number of nitrogens with zero attached hydrogens (tertiary/aromatic N) is 3. The summed E-state index contributed by atoms with van der Waals surface area (Å²) in [6.07, 6.45) is 1.94. The smallest absolute Gasteiger partial charge is 0.155 e. The molecule has 1 N–H and O–H groups in total. The zero-order valence-electron chi connectivity index (χ0n) is 14.0. The molecule has 1 aromatic carbocycles. The zero-order chi connectivity index (χ0) is 16.4. The van der Waals surface area contributed by atoms with Gasteiger partial charge in [-0.15, -0.1) is 0 Å². The Kier molecular flexibility index (Phi) is 4.30. The lowest BCUT2D eigenvalue weighted by Gasteiger charge is -2.17. The Morgan fingerprint density at radius 3 is 2.83 bits per heavy atom. The molecule has 0 aliphatic carbocycles. The molecular formula is C18H22N4O. The summed E-state index contributed by atoms with van der Waals surface area (Å²) in [5.41, 5.74) is 5.27. The normalized spacial score (nSPS) is 12.5. The third kappa shape index (κ3) is 3.05. The molecule has 0 amide bonds. The molecule has 5 nitrogen and oxygen atoms in total. The van der Waals surface area contributed by atoms with Crippen LogP contribution in [0.5, 0.6) is 5.75 Å². The first-order chi connectivity index (χ1) is 11.1. The van der Waals surface area contributed by atoms with Gasteiger partial charge in [-0.1, -0.05) is 18.2 Å². The quantitative estimate of drug-likeness (QED) is 0.786. The van der Waals surface area contributed by atoms with Crippen LogP contribution in [-0.4, -0.2) is 21.7 Å². The van der Waals surface area contributed by atoms with Gasteiger partial charge in [0.05, 0.1) is 12.8 Å². The van der Waals surface area contributed by atoms with Crippen LogP contribution in [0.1, 0.15) is 35.5 Å². The van der Waals surface area contributed by atoms with E-state index in [0.29, 0.717) is 0 Å². The van der Waals surface area contributed by atoms with Crippen molar-refractivity contribution in [2.75, 3.05) is 7.11 Å². The minimum Gasteiger partial charge on any atom is -0.496 e. The minimum atomic E-state index is 0.168. The summed E-state index contributed by atoms with van der Waals surface area (Å²) >= 11 is 0. The SMILES string of the molecule is COc1ccccc1CN[C@H](C)c1cnc2cc(C)nn2c1C. The highest BCUT2D eigenvalue weighted by molar-refractivity contribution is 5.42. The number of hydrogen-bond acceptors (Lipinski definition) is 4. The van der Waals surface area contributed by atoms with Gasteiger partial charge in [0, 0.05) is 41.7 Å². The van der Waals surface area contributed by atoms with Crippen molar-refractivity contribution >= 4 is 5.65 Å². The van der Waals surface area contributed by atoms with E-state index in [4.69, 9.17) is 4.74 Å². The maximum absolute atomic E-state index is 5.40. The van der Waals surface area contributed by atoms with Gasteiger partial charge in [0.1, 0.15) is 5.75 Å². The number of benzene rings is 1. The summed E-state index contributed by atoms with van der Waals surface area (Å²) in [7, 11) is 1.70. The van der Waals surface area contributed by atoms with E-state index < -0.39 is 0 Å². The van der Waals surface area contributed by atoms with Gasteiger partial charge in [-0.05, 0) is 26.8 Å². The van der Waals surface area contributed by atoms with Gasteiger partial charge in [0.15, 0.2) is 5.65 Å². The van der Waals surface area contributed by atoms with E-state index in [1.165, 1.54) is 0 Å². The molecule has 2 aromatic heterocycles. The van der Waals surface area contributed by atoms with E-state index in [1.807, 2.05) is 41.9 Å². The predicted octanol–water partition coefficient (Wildman–Crippen LogP) is 3.21. The fourth-order valence-corrected chi connectivity index (χ4v) is 2.82. The summed E-state index contributed by atoms with van der Waals surface area (Å²) < 4.78 is 7.31. The lowest BCUT2D eigenvalue weighted by molar-refractivity contribution is 0.406. The monoisotopic (exact) mass is 310 g/mol. The van der Waals surface area contributed by atoms with E-state index in [1.54, 1.807) is 7.11 Å². The summed E-state index contributed by atoms with van der Waals surface area (Å²) in [5, 5.41) is 8.05. The fourth-order valence-electron chi connectivity index (χ4n) is 2.82. The van der Waals surface area contributed by atoms with Crippen molar-refractivity contribution in [3.63, 3.8) is 0 Å². The van der Waals surface area contributed by atoms with Crippen LogP contribution in [0.25, 0.3) is 5.65 Å². The fraction of sp³-hybridized carbons (Fsp3) is 0.333. The number of hydrogen-bond donors (Lipinski definition) is 1. The lowest BCUT2D eigenvalue weighted by atomic mass is 10.1. The van der Waals surface area contributed by atoms with Gasteiger partial charge in [-0.25, -0.2) is 9.50 Å². The number of ether oxygens (including phenoxy) is 1. The molecule has 120 valence electrons. The second-order valence-electron chi connectivity index (χ2n) is 5.77. The Morgan fingerprint density at radius 1 is 1.26 bits per heavy atom. The second-order valence-corrected chi connectivity index (χ2v) is 5.77. The van der Waals surface area contributed by atoms with E-state index in [2.05, 4.69) is 35.3 Å². The molecule has 0 aliphatic rings. The van der Waals surface area contributed by atoms with E-state index in [-0.39, 0.29) is 6.04 Å². The molecule has 1 atom stereocenters. The average Bonchev–Trinajstić information content (AvgIpc) is 2.94. The van der Waals surface area contributed by atoms with Gasteiger partial charge < -0.3 is 10.1 Å². The highest BCUT2D eigenvalue weighted by Gasteiger charge is 2.13. The van der Waals surface area contributed by atoms with Crippen molar-refractivity contribution < 1.29 is 4.74 Å². The minimum absolute atomic E-state index is 0.168. The van der Waals surface area contributed by atoms with Crippen LogP contribution in [0, 0.1) is 13.8 Å². The molecule has 0 spiro atoms. The van der Waals surface area contributed by atoms with Crippen LogP contribution < -0.4 is 10.1 Å². The predicted molar refractivity (Wildman–Crippen MR) is 90.7 cm³/mol. The third-order valence-electron chi connectivity index (χ3n) is 4.14. The Balaban J connectivity index is 1.80. The van der Waals surface area contributed by atoms with Crippen LogP contribution in [-0.2, 0) is 6.54 Å². The third-order valence-corrected chi connectivity index (χ3v) is 4.14. The second kappa shape index (κ2) is 6.38. The number of methoxy groups -OCH3 is 1. The number of aromatic nitrogens is 3. The highest BCUT2D eigenvalue weighted by Crippen LogP contribution is 2.21. The molecule has 5 heteroatoms. The maximum atomic E-state index is 5.40. The molecular weight excluding hydrogens is 288 g/mol. The lowest BCUT2D eigenvalue weighted by Crippen LogP contribution is -2.20. The molecule has 3 rings (SSSR count). The topological polar surface area (TPSA) is 51.5 Å². The van der Waals surface area contributed by atoms with Crippen LogP contribution in [0.4, 0.5) is 0 Å². The first kappa shape index (κ1) is 15.5. The molecule has 2 heterocycles. The van der Waals surface area contributed by atoms with Gasteiger partial charge in [0.2, 0.25) is 0 Å². The molecule has 3 aromatic rings. The van der Waals surface area contributed by atoms with Gasteiger partial charge in [-0.2, -0.15) is 5.10 Å². The molecule has 23 heavy (non-hydrogen) atoms. The summed E-state index contributed by atoms with van der Waals surface area (Å²) in [4.78, 5) is 4.51. The number of rotatable bonds is 5. The molecule has 0 saturated heterocycles. The summed E-state index contributed by atoms with van der Waals surface area (Å²) in [5.74, 6) is 0.903. The van der Waals surface area contributed by atoms with E-state index >= 15 is 0 Å². The number of fused-ring (bicyclic) bond motifs is 1. The van der Waals surface area contributed by atoms with E-state index in [0.717, 1.165) is 40.5 Å². The number of aryl methyl sites for hydroxylation is 2. The van der Waals surface area contributed by atoms with Crippen LogP contribution in [0.2, 0.25) is 0 Å². The summed E-state index contributed by atoms with van der Waals surface area (Å²) in [6.45, 7) is 6.94. The van der Waals surface area contributed by atoms with Crippen LogP contribution in [0.15, 0.2) is 36.5 Å². The van der Waals surface area contributed by atoms with Crippen molar-refractivity contribution in [3.8, 4) is 5.75 Å². The first-order valence-electron chi connectivity index (χ1n) is 7.77. The molecule has 0 unspecified atom stereocenters. The van der Waals surface area contributed by atoms with Crippen LogP contribution >= 0.6 is 0 Å². The zero-order valence-corrected chi connectivity index (χ0v) is 14.0. The average molecular weight is 310 g/mol. The van der Waals surface area contributed by atoms with Gasteiger partial charge >= 0.3 is 0 Å². The summed E-state index contributed by atoms with van der Waals surface area (Å²) in [6, 6.07) is 10.2. The van der Waals surface area contributed by atoms with Crippen molar-refractivity contribution in [3.05, 3.63) is 59.0 Å². The van der Waals surface area contributed by atoms with Crippen molar-refractivity contribution in [2.45, 2.75) is 33.4 Å². The molecule has 0 fully saturated rings. The molecule has 0 saturated carbocycles. The first-order valence-corrected chi connectivity index (χ1v) is 7.77. The van der Waals surface area contributed by atoms with Crippen molar-refractivity contribution in [2.24, 2.45) is 0 Å². The number of nitrogens with one attached hydrogen (secondary N) is 1. The van der Waals surface area contributed by atoms with Gasteiger partial charge in [-0.3, -0.25) is 0 Å². The largest absolute Gasteiger partial charge is 0.496 e. The maximum Gasteiger partial charge on any atom is 0.155 e. The molecule has 0 bridgehead atoms. The standard InChI is InChI=1S/C18H22N4O/c1-12-9-18-20-11-16(14(3)22(18)21-12)13(2)19-10-15-7-5-6-8-17(15)23-4/h5-9,11,13,19H,10H2,1-4H3/t13-/m1/s1. The molecule has 0 radical (unpaired) electrons. The van der Waals surface area contributed by atoms with E-state index in [9.17, 15) is 0 Å². The van der Waals surface area contributed by atoms with Gasteiger partial charge in [0.25, 0.3) is 0 Å².